The summed E-state index contributed by atoms with van der Waals surface area (Å²) in [5.74, 6) is 0.539. The van der Waals surface area contributed by atoms with Crippen LogP contribution >= 0.6 is 11.6 Å². The standard InChI is InChI=1S/C21H18ClN3O3/c1-13-6-7-16(22)11-19(13)20-9-8-18(28-20)12-23-25-21(27)15-4-3-5-17(10-15)24-14(2)26/h3-12H,1-2H3,(H,24,26)(H,25,27)/b23-12-. The molecule has 3 rings (SSSR count). The van der Waals surface area contributed by atoms with Crippen molar-refractivity contribution < 1.29 is 14.0 Å². The van der Waals surface area contributed by atoms with Crippen LogP contribution in [0.5, 0.6) is 0 Å². The molecule has 1 aromatic heterocycles. The minimum absolute atomic E-state index is 0.209. The highest BCUT2D eigenvalue weighted by molar-refractivity contribution is 6.30. The number of hydrogen-bond donors (Lipinski definition) is 2. The van der Waals surface area contributed by atoms with Crippen molar-refractivity contribution in [3.63, 3.8) is 0 Å². The van der Waals surface area contributed by atoms with E-state index in [1.807, 2.05) is 31.2 Å². The van der Waals surface area contributed by atoms with Gasteiger partial charge in [0.2, 0.25) is 5.91 Å². The summed E-state index contributed by atoms with van der Waals surface area (Å²) in [6.07, 6.45) is 1.42. The van der Waals surface area contributed by atoms with Gasteiger partial charge in [-0.15, -0.1) is 0 Å². The number of nitrogens with zero attached hydrogens (tertiary/aromatic N) is 1. The van der Waals surface area contributed by atoms with E-state index in [2.05, 4.69) is 15.8 Å². The number of nitrogens with one attached hydrogen (secondary N) is 2. The van der Waals surface area contributed by atoms with Crippen LogP contribution in [0.1, 0.15) is 28.6 Å². The average molecular weight is 396 g/mol. The van der Waals surface area contributed by atoms with E-state index in [9.17, 15) is 9.59 Å². The summed E-state index contributed by atoms with van der Waals surface area (Å²) >= 11 is 6.05. The van der Waals surface area contributed by atoms with Crippen LogP contribution < -0.4 is 10.7 Å². The van der Waals surface area contributed by atoms with E-state index in [1.54, 1.807) is 30.3 Å². The Kier molecular flexibility index (Phi) is 5.91. The average Bonchev–Trinajstić information content (AvgIpc) is 3.12. The fourth-order valence-electron chi connectivity index (χ4n) is 2.59. The van der Waals surface area contributed by atoms with E-state index < -0.39 is 5.91 Å². The lowest BCUT2D eigenvalue weighted by molar-refractivity contribution is -0.114. The molecule has 0 aliphatic carbocycles. The second-order valence-corrected chi connectivity index (χ2v) is 6.56. The van der Waals surface area contributed by atoms with Crippen LogP contribution in [0.3, 0.4) is 0 Å². The minimum Gasteiger partial charge on any atom is -0.455 e. The topological polar surface area (TPSA) is 83.7 Å². The van der Waals surface area contributed by atoms with Gasteiger partial charge in [0.05, 0.1) is 6.21 Å². The largest absolute Gasteiger partial charge is 0.455 e. The molecular weight excluding hydrogens is 378 g/mol. The van der Waals surface area contributed by atoms with Crippen molar-refractivity contribution >= 4 is 35.3 Å². The van der Waals surface area contributed by atoms with Gasteiger partial charge >= 0.3 is 0 Å². The van der Waals surface area contributed by atoms with Crippen LogP contribution in [0.25, 0.3) is 11.3 Å². The summed E-state index contributed by atoms with van der Waals surface area (Å²) in [7, 11) is 0. The second-order valence-electron chi connectivity index (χ2n) is 6.12. The highest BCUT2D eigenvalue weighted by atomic mass is 35.5. The van der Waals surface area contributed by atoms with Crippen molar-refractivity contribution in [3.05, 3.63) is 76.5 Å². The number of benzene rings is 2. The number of carbonyl (C=O) groups is 2. The molecule has 6 nitrogen and oxygen atoms in total. The van der Waals surface area contributed by atoms with Gasteiger partial charge in [-0.05, 0) is 55.0 Å². The van der Waals surface area contributed by atoms with Gasteiger partial charge in [-0.25, -0.2) is 5.43 Å². The third kappa shape index (κ3) is 4.86. The van der Waals surface area contributed by atoms with Crippen LogP contribution in [0, 0.1) is 6.92 Å². The zero-order chi connectivity index (χ0) is 20.1. The molecule has 142 valence electrons. The van der Waals surface area contributed by atoms with E-state index >= 15 is 0 Å². The summed E-state index contributed by atoms with van der Waals surface area (Å²) in [5.41, 5.74) is 5.28. The molecule has 2 amide bonds. The lowest BCUT2D eigenvalue weighted by Gasteiger charge is -2.04. The Balaban J connectivity index is 1.67. The third-order valence-corrected chi connectivity index (χ3v) is 4.13. The molecule has 1 heterocycles. The van der Waals surface area contributed by atoms with E-state index in [1.165, 1.54) is 13.1 Å². The molecule has 0 saturated heterocycles. The van der Waals surface area contributed by atoms with Gasteiger partial charge in [-0.2, -0.15) is 5.10 Å². The fourth-order valence-corrected chi connectivity index (χ4v) is 2.76. The molecular formula is C21H18ClN3O3. The van der Waals surface area contributed by atoms with Crippen molar-refractivity contribution in [2.45, 2.75) is 13.8 Å². The SMILES string of the molecule is CC(=O)Nc1cccc(C(=O)N/N=C\c2ccc(-c3cc(Cl)ccc3C)o2)c1. The number of halogens is 1. The molecule has 0 bridgehead atoms. The zero-order valence-electron chi connectivity index (χ0n) is 15.3. The zero-order valence-corrected chi connectivity index (χ0v) is 16.1. The Morgan fingerprint density at radius 1 is 1.11 bits per heavy atom. The van der Waals surface area contributed by atoms with Gasteiger partial charge in [0.15, 0.2) is 0 Å². The summed E-state index contributed by atoms with van der Waals surface area (Å²) in [6, 6.07) is 15.7. The second kappa shape index (κ2) is 8.54. The first kappa shape index (κ1) is 19.4. The van der Waals surface area contributed by atoms with Crippen molar-refractivity contribution in [3.8, 4) is 11.3 Å². The molecule has 0 aliphatic rings. The highest BCUT2D eigenvalue weighted by Crippen LogP contribution is 2.27. The number of carbonyl (C=O) groups excluding carboxylic acids is 2. The fraction of sp³-hybridized carbons (Fsp3) is 0.0952. The maximum atomic E-state index is 12.2. The maximum Gasteiger partial charge on any atom is 0.271 e. The van der Waals surface area contributed by atoms with Crippen LogP contribution in [-0.4, -0.2) is 18.0 Å². The molecule has 0 atom stereocenters. The molecule has 0 fully saturated rings. The van der Waals surface area contributed by atoms with Crippen molar-refractivity contribution in [2.75, 3.05) is 5.32 Å². The number of rotatable bonds is 5. The molecule has 28 heavy (non-hydrogen) atoms. The van der Waals surface area contributed by atoms with Crippen LogP contribution in [0.2, 0.25) is 5.02 Å². The third-order valence-electron chi connectivity index (χ3n) is 3.89. The Bertz CT molecular complexity index is 1060. The van der Waals surface area contributed by atoms with Crippen LogP contribution in [-0.2, 0) is 4.79 Å². The van der Waals surface area contributed by atoms with Crippen LogP contribution in [0.15, 0.2) is 64.1 Å². The van der Waals surface area contributed by atoms with Crippen LogP contribution in [0.4, 0.5) is 5.69 Å². The first-order valence-electron chi connectivity index (χ1n) is 8.50. The Labute approximate surface area is 167 Å². The highest BCUT2D eigenvalue weighted by Gasteiger charge is 2.08. The number of anilines is 1. The molecule has 0 spiro atoms. The first-order valence-corrected chi connectivity index (χ1v) is 8.87. The van der Waals surface area contributed by atoms with Gasteiger partial charge < -0.3 is 9.73 Å². The van der Waals surface area contributed by atoms with Crippen molar-refractivity contribution in [1.82, 2.24) is 5.43 Å². The quantitative estimate of drug-likeness (QED) is 0.488. The summed E-state index contributed by atoms with van der Waals surface area (Å²) in [6.45, 7) is 3.37. The van der Waals surface area contributed by atoms with E-state index in [4.69, 9.17) is 16.0 Å². The van der Waals surface area contributed by atoms with Gasteiger partial charge in [0.25, 0.3) is 5.91 Å². The first-order chi connectivity index (χ1) is 13.4. The monoisotopic (exact) mass is 395 g/mol. The predicted molar refractivity (Wildman–Crippen MR) is 110 cm³/mol. The molecule has 3 aromatic rings. The van der Waals surface area contributed by atoms with Crippen molar-refractivity contribution in [2.24, 2.45) is 5.10 Å². The van der Waals surface area contributed by atoms with E-state index in [0.29, 0.717) is 27.8 Å². The molecule has 2 N–H and O–H groups in total. The number of hydrazone groups is 1. The van der Waals surface area contributed by atoms with E-state index in [0.717, 1.165) is 11.1 Å². The molecule has 7 heteroatoms. The lowest BCUT2D eigenvalue weighted by atomic mass is 10.1. The molecule has 0 unspecified atom stereocenters. The Morgan fingerprint density at radius 3 is 2.71 bits per heavy atom. The Morgan fingerprint density at radius 2 is 1.93 bits per heavy atom. The normalized spacial score (nSPS) is 10.8. The number of aryl methyl sites for hydroxylation is 1. The number of hydrogen-bond acceptors (Lipinski definition) is 4. The molecule has 0 saturated carbocycles. The van der Waals surface area contributed by atoms with Gasteiger partial charge in [0, 0.05) is 28.8 Å². The number of amides is 2. The lowest BCUT2D eigenvalue weighted by Crippen LogP contribution is -2.18. The van der Waals surface area contributed by atoms with Crippen molar-refractivity contribution in [1.29, 1.82) is 0 Å². The van der Waals surface area contributed by atoms with Gasteiger partial charge in [-0.1, -0.05) is 23.7 Å². The Hall–Kier alpha value is -3.38. The number of furan rings is 1. The molecule has 2 aromatic carbocycles. The summed E-state index contributed by atoms with van der Waals surface area (Å²) in [5, 5.41) is 7.18. The van der Waals surface area contributed by atoms with E-state index in [-0.39, 0.29) is 5.91 Å². The predicted octanol–water partition coefficient (Wildman–Crippen LogP) is 4.63. The maximum absolute atomic E-state index is 12.2. The molecule has 0 aliphatic heterocycles. The van der Waals surface area contributed by atoms with Gasteiger partial charge in [-0.3, -0.25) is 9.59 Å². The molecule has 0 radical (unpaired) electrons. The minimum atomic E-state index is -0.402. The smallest absolute Gasteiger partial charge is 0.271 e. The summed E-state index contributed by atoms with van der Waals surface area (Å²) < 4.78 is 5.75. The summed E-state index contributed by atoms with van der Waals surface area (Å²) in [4.78, 5) is 23.3. The van der Waals surface area contributed by atoms with Gasteiger partial charge in [0.1, 0.15) is 11.5 Å².